The van der Waals surface area contributed by atoms with Crippen molar-refractivity contribution in [3.05, 3.63) is 65.2 Å². The van der Waals surface area contributed by atoms with Gasteiger partial charge in [0.1, 0.15) is 0 Å². The molecule has 2 aromatic carbocycles. The molecular formula is C21H25N3O2. The molecule has 0 radical (unpaired) electrons. The summed E-state index contributed by atoms with van der Waals surface area (Å²) in [4.78, 5) is 26.7. The van der Waals surface area contributed by atoms with Gasteiger partial charge in [-0.25, -0.2) is 0 Å². The third-order valence-corrected chi connectivity index (χ3v) is 4.83. The van der Waals surface area contributed by atoms with Crippen LogP contribution in [-0.2, 0) is 16.0 Å². The number of anilines is 1. The lowest BCUT2D eigenvalue weighted by Gasteiger charge is -2.28. The summed E-state index contributed by atoms with van der Waals surface area (Å²) in [6.07, 6.45) is 0.392. The number of hydrogen-bond donors (Lipinski definition) is 2. The number of amides is 2. The standard InChI is InChI=1S/C21H25N3O2/c1-3-24(4-2)14-20(26)22-18-12-8-7-11-17(18)21-16-10-6-5-9-15(16)13-19(25)23-21/h5-12,21H,3-4,13-14H2,1-2H3,(H,22,26)(H,23,25). The molecule has 0 saturated carbocycles. The van der Waals surface area contributed by atoms with Gasteiger partial charge in [0.2, 0.25) is 11.8 Å². The van der Waals surface area contributed by atoms with Gasteiger partial charge in [0.05, 0.1) is 19.0 Å². The van der Waals surface area contributed by atoms with Crippen LogP contribution < -0.4 is 10.6 Å². The predicted molar refractivity (Wildman–Crippen MR) is 103 cm³/mol. The lowest BCUT2D eigenvalue weighted by molar-refractivity contribution is -0.121. The van der Waals surface area contributed by atoms with Crippen molar-refractivity contribution in [2.24, 2.45) is 0 Å². The lowest BCUT2D eigenvalue weighted by atomic mass is 9.89. The topological polar surface area (TPSA) is 61.4 Å². The van der Waals surface area contributed by atoms with Crippen molar-refractivity contribution in [3.8, 4) is 0 Å². The zero-order chi connectivity index (χ0) is 18.5. The molecule has 1 heterocycles. The van der Waals surface area contributed by atoms with Gasteiger partial charge in [0.15, 0.2) is 0 Å². The Hall–Kier alpha value is -2.66. The van der Waals surface area contributed by atoms with Crippen LogP contribution in [0.25, 0.3) is 0 Å². The SMILES string of the molecule is CCN(CC)CC(=O)Nc1ccccc1C1NC(=O)Cc2ccccc21. The Kier molecular flexibility index (Phi) is 5.68. The van der Waals surface area contributed by atoms with Crippen molar-refractivity contribution in [1.29, 1.82) is 0 Å². The van der Waals surface area contributed by atoms with Gasteiger partial charge in [0, 0.05) is 11.3 Å². The van der Waals surface area contributed by atoms with Crippen LogP contribution in [0.1, 0.15) is 36.6 Å². The van der Waals surface area contributed by atoms with Crippen molar-refractivity contribution in [2.75, 3.05) is 25.0 Å². The van der Waals surface area contributed by atoms with Crippen molar-refractivity contribution >= 4 is 17.5 Å². The number of hydrogen-bond acceptors (Lipinski definition) is 3. The Morgan fingerprint density at radius 3 is 2.46 bits per heavy atom. The molecule has 26 heavy (non-hydrogen) atoms. The normalized spacial score (nSPS) is 16.1. The Bertz CT molecular complexity index is 799. The number of rotatable bonds is 6. The van der Waals surface area contributed by atoms with Crippen molar-refractivity contribution in [1.82, 2.24) is 10.2 Å². The van der Waals surface area contributed by atoms with Gasteiger partial charge in [0.25, 0.3) is 0 Å². The van der Waals surface area contributed by atoms with Gasteiger partial charge in [-0.15, -0.1) is 0 Å². The molecule has 5 heteroatoms. The third kappa shape index (κ3) is 3.94. The minimum absolute atomic E-state index is 0.00188. The van der Waals surface area contributed by atoms with E-state index in [1.54, 1.807) is 0 Å². The van der Waals surface area contributed by atoms with E-state index in [1.165, 1.54) is 0 Å². The smallest absolute Gasteiger partial charge is 0.238 e. The fourth-order valence-electron chi connectivity index (χ4n) is 3.39. The Morgan fingerprint density at radius 2 is 1.73 bits per heavy atom. The maximum absolute atomic E-state index is 12.4. The van der Waals surface area contributed by atoms with E-state index < -0.39 is 0 Å². The first kappa shape index (κ1) is 18.1. The molecule has 2 N–H and O–H groups in total. The number of likely N-dealkylation sites (N-methyl/N-ethyl adjacent to an activating group) is 1. The van der Waals surface area contributed by atoms with Gasteiger partial charge in [-0.2, -0.15) is 0 Å². The lowest BCUT2D eigenvalue weighted by Crippen LogP contribution is -2.37. The summed E-state index contributed by atoms with van der Waals surface area (Å²) in [5, 5.41) is 6.09. The van der Waals surface area contributed by atoms with E-state index in [-0.39, 0.29) is 17.9 Å². The minimum Gasteiger partial charge on any atom is -0.345 e. The molecular weight excluding hydrogens is 326 g/mol. The van der Waals surface area contributed by atoms with E-state index in [2.05, 4.69) is 15.5 Å². The zero-order valence-corrected chi connectivity index (χ0v) is 15.3. The predicted octanol–water partition coefficient (Wildman–Crippen LogP) is 2.73. The monoisotopic (exact) mass is 351 g/mol. The third-order valence-electron chi connectivity index (χ3n) is 4.83. The molecule has 5 nitrogen and oxygen atoms in total. The number of nitrogens with zero attached hydrogens (tertiary/aromatic N) is 1. The Morgan fingerprint density at radius 1 is 1.08 bits per heavy atom. The summed E-state index contributed by atoms with van der Waals surface area (Å²) >= 11 is 0. The number of carbonyl (C=O) groups excluding carboxylic acids is 2. The molecule has 3 rings (SSSR count). The molecule has 0 aliphatic carbocycles. The molecule has 0 saturated heterocycles. The maximum Gasteiger partial charge on any atom is 0.238 e. The van der Waals surface area contributed by atoms with Crippen molar-refractivity contribution < 1.29 is 9.59 Å². The average Bonchev–Trinajstić information content (AvgIpc) is 2.66. The summed E-state index contributed by atoms with van der Waals surface area (Å²) < 4.78 is 0. The second-order valence-electron chi connectivity index (χ2n) is 6.47. The Balaban J connectivity index is 1.88. The summed E-state index contributed by atoms with van der Waals surface area (Å²) in [5.74, 6) is -0.0467. The minimum atomic E-state index is -0.252. The number of nitrogens with one attached hydrogen (secondary N) is 2. The first-order chi connectivity index (χ1) is 12.6. The number of fused-ring (bicyclic) bond motifs is 1. The highest BCUT2D eigenvalue weighted by Gasteiger charge is 2.27. The van der Waals surface area contributed by atoms with E-state index in [9.17, 15) is 9.59 Å². The first-order valence-electron chi connectivity index (χ1n) is 9.10. The fraction of sp³-hybridized carbons (Fsp3) is 0.333. The van der Waals surface area contributed by atoms with E-state index in [1.807, 2.05) is 62.4 Å². The molecule has 136 valence electrons. The van der Waals surface area contributed by atoms with Crippen LogP contribution in [0.2, 0.25) is 0 Å². The van der Waals surface area contributed by atoms with Gasteiger partial charge in [-0.05, 0) is 30.3 Å². The van der Waals surface area contributed by atoms with Crippen LogP contribution in [0, 0.1) is 0 Å². The van der Waals surface area contributed by atoms with Crippen molar-refractivity contribution in [3.63, 3.8) is 0 Å². The number of carbonyl (C=O) groups is 2. The van der Waals surface area contributed by atoms with E-state index >= 15 is 0 Å². The molecule has 2 aromatic rings. The molecule has 1 atom stereocenters. The van der Waals surface area contributed by atoms with Crippen molar-refractivity contribution in [2.45, 2.75) is 26.3 Å². The number of para-hydroxylation sites is 1. The summed E-state index contributed by atoms with van der Waals surface area (Å²) in [6, 6.07) is 15.4. The molecule has 0 bridgehead atoms. The summed E-state index contributed by atoms with van der Waals surface area (Å²) in [6.45, 7) is 6.10. The van der Waals surface area contributed by atoms with Crippen LogP contribution >= 0.6 is 0 Å². The van der Waals surface area contributed by atoms with Gasteiger partial charge in [-0.3, -0.25) is 14.5 Å². The molecule has 0 fully saturated rings. The molecule has 1 aliphatic rings. The van der Waals surface area contributed by atoms with Crippen LogP contribution in [0.4, 0.5) is 5.69 Å². The second kappa shape index (κ2) is 8.15. The summed E-state index contributed by atoms with van der Waals surface area (Å²) in [5.41, 5.74) is 3.76. The highest BCUT2D eigenvalue weighted by atomic mass is 16.2. The molecule has 0 spiro atoms. The van der Waals surface area contributed by atoms with Crippen LogP contribution in [-0.4, -0.2) is 36.3 Å². The quantitative estimate of drug-likeness (QED) is 0.841. The maximum atomic E-state index is 12.4. The largest absolute Gasteiger partial charge is 0.345 e. The molecule has 1 unspecified atom stereocenters. The second-order valence-corrected chi connectivity index (χ2v) is 6.47. The highest BCUT2D eigenvalue weighted by molar-refractivity contribution is 5.93. The molecule has 2 amide bonds. The van der Waals surface area contributed by atoms with E-state index in [4.69, 9.17) is 0 Å². The molecule has 1 aliphatic heterocycles. The van der Waals surface area contributed by atoms with E-state index in [0.717, 1.165) is 35.5 Å². The Labute approximate surface area is 154 Å². The summed E-state index contributed by atoms with van der Waals surface area (Å²) in [7, 11) is 0. The van der Waals surface area contributed by atoms with Crippen LogP contribution in [0.15, 0.2) is 48.5 Å². The fourth-order valence-corrected chi connectivity index (χ4v) is 3.39. The van der Waals surface area contributed by atoms with Gasteiger partial charge >= 0.3 is 0 Å². The zero-order valence-electron chi connectivity index (χ0n) is 15.3. The van der Waals surface area contributed by atoms with Gasteiger partial charge < -0.3 is 10.6 Å². The van der Waals surface area contributed by atoms with Crippen LogP contribution in [0.5, 0.6) is 0 Å². The number of benzene rings is 2. The van der Waals surface area contributed by atoms with Crippen LogP contribution in [0.3, 0.4) is 0 Å². The molecule has 0 aromatic heterocycles. The average molecular weight is 351 g/mol. The highest BCUT2D eigenvalue weighted by Crippen LogP contribution is 2.33. The van der Waals surface area contributed by atoms with E-state index in [0.29, 0.717) is 13.0 Å². The van der Waals surface area contributed by atoms with Gasteiger partial charge in [-0.1, -0.05) is 56.3 Å². The first-order valence-corrected chi connectivity index (χ1v) is 9.10.